The van der Waals surface area contributed by atoms with Crippen LogP contribution in [-0.4, -0.2) is 34.2 Å². The Kier molecular flexibility index (Phi) is 4.45. The van der Waals surface area contributed by atoms with Gasteiger partial charge >= 0.3 is 0 Å². The maximum atomic E-state index is 13.1. The third kappa shape index (κ3) is 3.48. The molecule has 1 N–H and O–H groups in total. The molecule has 0 atom stereocenters. The van der Waals surface area contributed by atoms with E-state index in [1.807, 2.05) is 0 Å². The smallest absolute Gasteiger partial charge is 0.141 e. The zero-order valence-electron chi connectivity index (χ0n) is 9.98. The van der Waals surface area contributed by atoms with Gasteiger partial charge in [0.25, 0.3) is 0 Å². The first-order valence-electron chi connectivity index (χ1n) is 6.24. The van der Waals surface area contributed by atoms with Crippen LogP contribution >= 0.6 is 0 Å². The van der Waals surface area contributed by atoms with E-state index in [0.717, 1.165) is 5.56 Å². The Hall–Kier alpha value is -1.00. The van der Waals surface area contributed by atoms with Crippen LogP contribution in [0.2, 0.25) is 0 Å². The molecular weight excluding hydrogens is 219 g/mol. The topological polar surface area (TPSA) is 36.4 Å². The van der Waals surface area contributed by atoms with E-state index in [2.05, 4.69) is 9.88 Å². The fourth-order valence-electron chi connectivity index (χ4n) is 2.57. The number of hydrogen-bond donors (Lipinski definition) is 1. The molecule has 0 bridgehead atoms. The molecule has 1 saturated carbocycles. The number of rotatable bonds is 5. The van der Waals surface area contributed by atoms with Gasteiger partial charge in [0, 0.05) is 25.3 Å². The summed E-state index contributed by atoms with van der Waals surface area (Å²) in [4.78, 5) is 6.10. The van der Waals surface area contributed by atoms with Crippen LogP contribution in [0.25, 0.3) is 0 Å². The van der Waals surface area contributed by atoms with Crippen molar-refractivity contribution < 1.29 is 9.50 Å². The minimum Gasteiger partial charge on any atom is -0.395 e. The zero-order valence-corrected chi connectivity index (χ0v) is 9.98. The molecule has 1 aromatic rings. The first-order chi connectivity index (χ1) is 8.29. The van der Waals surface area contributed by atoms with Crippen molar-refractivity contribution in [3.63, 3.8) is 0 Å². The molecule has 0 aromatic carbocycles. The van der Waals surface area contributed by atoms with E-state index < -0.39 is 0 Å². The highest BCUT2D eigenvalue weighted by Gasteiger charge is 2.22. The van der Waals surface area contributed by atoms with Gasteiger partial charge in [0.15, 0.2) is 0 Å². The minimum atomic E-state index is -0.294. The van der Waals surface area contributed by atoms with Gasteiger partial charge in [0.1, 0.15) is 5.82 Å². The van der Waals surface area contributed by atoms with Crippen molar-refractivity contribution in [3.05, 3.63) is 29.8 Å². The average Bonchev–Trinajstić information content (AvgIpc) is 2.82. The number of hydrogen-bond acceptors (Lipinski definition) is 3. The standard InChI is InChI=1S/C13H19FN2O/c14-12-7-11(8-15-9-12)10-16(5-6-17)13-3-1-2-4-13/h7-9,13,17H,1-6,10H2. The highest BCUT2D eigenvalue weighted by Crippen LogP contribution is 2.24. The lowest BCUT2D eigenvalue weighted by Gasteiger charge is -2.27. The highest BCUT2D eigenvalue weighted by atomic mass is 19.1. The summed E-state index contributed by atoms with van der Waals surface area (Å²) in [6, 6.07) is 2.05. The van der Waals surface area contributed by atoms with E-state index in [1.54, 1.807) is 6.20 Å². The monoisotopic (exact) mass is 238 g/mol. The zero-order chi connectivity index (χ0) is 12.1. The molecule has 3 nitrogen and oxygen atoms in total. The molecule has 1 heterocycles. The number of aliphatic hydroxyl groups excluding tert-OH is 1. The molecular formula is C13H19FN2O. The number of aliphatic hydroxyl groups is 1. The molecule has 2 rings (SSSR count). The molecule has 0 unspecified atom stereocenters. The third-order valence-corrected chi connectivity index (χ3v) is 3.38. The van der Waals surface area contributed by atoms with Crippen LogP contribution in [-0.2, 0) is 6.54 Å². The van der Waals surface area contributed by atoms with E-state index in [0.29, 0.717) is 19.1 Å². The summed E-state index contributed by atoms with van der Waals surface area (Å²) >= 11 is 0. The van der Waals surface area contributed by atoms with Crippen molar-refractivity contribution in [2.24, 2.45) is 0 Å². The Bertz CT molecular complexity index is 353. The van der Waals surface area contributed by atoms with Crippen molar-refractivity contribution in [1.29, 1.82) is 0 Å². The first-order valence-corrected chi connectivity index (χ1v) is 6.24. The van der Waals surface area contributed by atoms with Crippen molar-refractivity contribution in [3.8, 4) is 0 Å². The quantitative estimate of drug-likeness (QED) is 0.852. The van der Waals surface area contributed by atoms with Crippen LogP contribution in [0.5, 0.6) is 0 Å². The SMILES string of the molecule is OCCN(Cc1cncc(F)c1)C1CCCC1. The van der Waals surface area contributed by atoms with Crippen LogP contribution in [0.15, 0.2) is 18.5 Å². The molecule has 0 spiro atoms. The van der Waals surface area contributed by atoms with Crippen LogP contribution in [0.3, 0.4) is 0 Å². The predicted molar refractivity (Wildman–Crippen MR) is 63.9 cm³/mol. The summed E-state index contributed by atoms with van der Waals surface area (Å²) in [5.41, 5.74) is 0.880. The second-order valence-electron chi connectivity index (χ2n) is 4.64. The van der Waals surface area contributed by atoms with E-state index in [-0.39, 0.29) is 12.4 Å². The maximum absolute atomic E-state index is 13.1. The van der Waals surface area contributed by atoms with E-state index in [4.69, 9.17) is 5.11 Å². The number of aromatic nitrogens is 1. The lowest BCUT2D eigenvalue weighted by atomic mass is 10.1. The van der Waals surface area contributed by atoms with E-state index in [1.165, 1.54) is 37.9 Å². The lowest BCUT2D eigenvalue weighted by molar-refractivity contribution is 0.144. The Balaban J connectivity index is 2.01. The molecule has 1 aliphatic carbocycles. The molecule has 1 aliphatic rings. The fourth-order valence-corrected chi connectivity index (χ4v) is 2.57. The fraction of sp³-hybridized carbons (Fsp3) is 0.615. The number of pyridine rings is 1. The van der Waals surface area contributed by atoms with Crippen LogP contribution in [0, 0.1) is 5.82 Å². The summed E-state index contributed by atoms with van der Waals surface area (Å²) in [6.45, 7) is 1.48. The van der Waals surface area contributed by atoms with Gasteiger partial charge in [-0.2, -0.15) is 0 Å². The third-order valence-electron chi connectivity index (χ3n) is 3.38. The van der Waals surface area contributed by atoms with Crippen molar-refractivity contribution in [2.75, 3.05) is 13.2 Å². The second kappa shape index (κ2) is 6.07. The van der Waals surface area contributed by atoms with Gasteiger partial charge in [-0.1, -0.05) is 12.8 Å². The maximum Gasteiger partial charge on any atom is 0.141 e. The summed E-state index contributed by atoms with van der Waals surface area (Å²) in [5, 5.41) is 9.10. The van der Waals surface area contributed by atoms with Gasteiger partial charge in [0.2, 0.25) is 0 Å². The van der Waals surface area contributed by atoms with Crippen molar-refractivity contribution in [1.82, 2.24) is 9.88 Å². The summed E-state index contributed by atoms with van der Waals surface area (Å²) < 4.78 is 13.1. The summed E-state index contributed by atoms with van der Waals surface area (Å²) in [6.07, 6.45) is 7.80. The molecule has 17 heavy (non-hydrogen) atoms. The Morgan fingerprint density at radius 3 is 2.76 bits per heavy atom. The van der Waals surface area contributed by atoms with E-state index >= 15 is 0 Å². The second-order valence-corrected chi connectivity index (χ2v) is 4.64. The Labute approximate surface area is 101 Å². The van der Waals surface area contributed by atoms with Gasteiger partial charge in [-0.3, -0.25) is 9.88 Å². The van der Waals surface area contributed by atoms with E-state index in [9.17, 15) is 4.39 Å². The Morgan fingerprint density at radius 1 is 1.35 bits per heavy atom. The molecule has 0 amide bonds. The number of nitrogens with zero attached hydrogens (tertiary/aromatic N) is 2. The largest absolute Gasteiger partial charge is 0.395 e. The normalized spacial score (nSPS) is 16.9. The Morgan fingerprint density at radius 2 is 2.12 bits per heavy atom. The molecule has 94 valence electrons. The summed E-state index contributed by atoms with van der Waals surface area (Å²) in [5.74, 6) is -0.294. The highest BCUT2D eigenvalue weighted by molar-refractivity contribution is 5.10. The predicted octanol–water partition coefficient (Wildman–Crippen LogP) is 1.96. The van der Waals surface area contributed by atoms with Gasteiger partial charge < -0.3 is 5.11 Å². The van der Waals surface area contributed by atoms with Gasteiger partial charge in [0.05, 0.1) is 12.8 Å². The minimum absolute atomic E-state index is 0.152. The molecule has 1 fully saturated rings. The van der Waals surface area contributed by atoms with Gasteiger partial charge in [-0.25, -0.2) is 4.39 Å². The van der Waals surface area contributed by atoms with Crippen molar-refractivity contribution >= 4 is 0 Å². The van der Waals surface area contributed by atoms with Crippen LogP contribution < -0.4 is 0 Å². The summed E-state index contributed by atoms with van der Waals surface area (Å²) in [7, 11) is 0. The molecule has 0 radical (unpaired) electrons. The molecule has 4 heteroatoms. The number of halogens is 1. The van der Waals surface area contributed by atoms with Gasteiger partial charge in [-0.05, 0) is 24.5 Å². The molecule has 0 aliphatic heterocycles. The molecule has 1 aromatic heterocycles. The van der Waals surface area contributed by atoms with Crippen molar-refractivity contribution in [2.45, 2.75) is 38.3 Å². The van der Waals surface area contributed by atoms with Gasteiger partial charge in [-0.15, -0.1) is 0 Å². The molecule has 0 saturated heterocycles. The van der Waals surface area contributed by atoms with Crippen LogP contribution in [0.1, 0.15) is 31.2 Å². The lowest BCUT2D eigenvalue weighted by Crippen LogP contribution is -2.35. The van der Waals surface area contributed by atoms with Crippen LogP contribution in [0.4, 0.5) is 4.39 Å². The average molecular weight is 238 g/mol. The first kappa shape index (κ1) is 12.5.